The zero-order chi connectivity index (χ0) is 18.3. The van der Waals surface area contributed by atoms with Crippen molar-refractivity contribution in [2.24, 2.45) is 5.41 Å². The molecule has 1 aliphatic rings. The lowest BCUT2D eigenvalue weighted by Gasteiger charge is -2.31. The van der Waals surface area contributed by atoms with E-state index in [1.165, 1.54) is 12.8 Å². The number of hydrogen-bond donors (Lipinski definition) is 0. The van der Waals surface area contributed by atoms with Gasteiger partial charge in [-0.25, -0.2) is 0 Å². The average molecular weight is 344 g/mol. The summed E-state index contributed by atoms with van der Waals surface area (Å²) in [5.74, 6) is 0.140. The minimum Gasteiger partial charge on any atom is -0.430 e. The van der Waals surface area contributed by atoms with Gasteiger partial charge in [0.1, 0.15) is 5.76 Å². The van der Waals surface area contributed by atoms with Gasteiger partial charge in [0.2, 0.25) is 0 Å². The van der Waals surface area contributed by atoms with Crippen molar-refractivity contribution < 1.29 is 14.3 Å². The van der Waals surface area contributed by atoms with Crippen LogP contribution in [-0.2, 0) is 14.3 Å². The van der Waals surface area contributed by atoms with Crippen LogP contribution in [0.4, 0.5) is 0 Å². The third-order valence-electron chi connectivity index (χ3n) is 4.38. The van der Waals surface area contributed by atoms with E-state index in [1.807, 2.05) is 13.8 Å². The van der Waals surface area contributed by atoms with Crippen LogP contribution in [0.15, 0.2) is 24.3 Å². The van der Waals surface area contributed by atoms with E-state index in [0.717, 1.165) is 19.3 Å². The molecular formula is C20H28N2O3. The summed E-state index contributed by atoms with van der Waals surface area (Å²) in [6.45, 7) is 6.18. The molecular weight excluding hydrogens is 316 g/mol. The molecule has 136 valence electrons. The van der Waals surface area contributed by atoms with Crippen LogP contribution < -0.4 is 0 Å². The van der Waals surface area contributed by atoms with Gasteiger partial charge in [0.15, 0.2) is 5.78 Å². The largest absolute Gasteiger partial charge is 0.430 e. The summed E-state index contributed by atoms with van der Waals surface area (Å²) < 4.78 is 5.62. The van der Waals surface area contributed by atoms with Crippen LogP contribution in [0.2, 0.25) is 0 Å². The highest BCUT2D eigenvalue weighted by Gasteiger charge is 2.36. The Morgan fingerprint density at radius 1 is 1.16 bits per heavy atom. The van der Waals surface area contributed by atoms with Gasteiger partial charge in [-0.3, -0.25) is 19.6 Å². The van der Waals surface area contributed by atoms with Crippen molar-refractivity contribution >= 4 is 17.3 Å². The van der Waals surface area contributed by atoms with Crippen molar-refractivity contribution in [3.8, 4) is 0 Å². The fraction of sp³-hybridized carbons (Fsp3) is 0.600. The first kappa shape index (κ1) is 19.3. The second kappa shape index (κ2) is 8.88. The molecule has 0 bridgehead atoms. The minimum absolute atomic E-state index is 0.0394. The van der Waals surface area contributed by atoms with Crippen LogP contribution in [-0.4, -0.2) is 21.7 Å². The number of allylic oxidation sites excluding steroid dienone is 2. The summed E-state index contributed by atoms with van der Waals surface area (Å²) >= 11 is 0. The highest BCUT2D eigenvalue weighted by atomic mass is 16.5. The lowest BCUT2D eigenvalue weighted by Crippen LogP contribution is -2.27. The van der Waals surface area contributed by atoms with E-state index in [1.54, 1.807) is 18.6 Å². The molecule has 1 aromatic heterocycles. The van der Waals surface area contributed by atoms with Crippen LogP contribution in [0.5, 0.6) is 0 Å². The molecule has 0 unspecified atom stereocenters. The number of ether oxygens (including phenoxy) is 1. The molecule has 0 radical (unpaired) electrons. The Kier molecular flexibility index (Phi) is 6.85. The van der Waals surface area contributed by atoms with E-state index < -0.39 is 0 Å². The minimum atomic E-state index is -0.265. The molecule has 0 atom stereocenters. The van der Waals surface area contributed by atoms with Crippen molar-refractivity contribution in [2.75, 3.05) is 0 Å². The van der Waals surface area contributed by atoms with E-state index in [2.05, 4.69) is 16.9 Å². The van der Waals surface area contributed by atoms with Gasteiger partial charge in [-0.2, -0.15) is 0 Å². The SMILES string of the molecule is CCCCCCCC(=O)OC1=C(c2cnccn2)C(=O)CC(C)(C)C1. The molecule has 1 heterocycles. The van der Waals surface area contributed by atoms with E-state index in [9.17, 15) is 9.59 Å². The molecule has 0 saturated carbocycles. The van der Waals surface area contributed by atoms with Gasteiger partial charge in [-0.15, -0.1) is 0 Å². The topological polar surface area (TPSA) is 69.2 Å². The van der Waals surface area contributed by atoms with Gasteiger partial charge >= 0.3 is 5.97 Å². The summed E-state index contributed by atoms with van der Waals surface area (Å²) in [4.78, 5) is 33.1. The molecule has 5 heteroatoms. The standard InChI is InChI=1S/C20H28N2O3/c1-4-5-6-7-8-9-18(24)25-17-13-20(2,3)12-16(23)19(17)15-14-21-10-11-22-15/h10-11,14H,4-9,12-13H2,1-3H3. The van der Waals surface area contributed by atoms with Crippen LogP contribution in [0.3, 0.4) is 0 Å². The van der Waals surface area contributed by atoms with E-state index in [4.69, 9.17) is 4.74 Å². The van der Waals surface area contributed by atoms with Crippen molar-refractivity contribution in [3.05, 3.63) is 30.0 Å². The first-order valence-corrected chi connectivity index (χ1v) is 9.16. The smallest absolute Gasteiger partial charge is 0.310 e. The second-order valence-corrected chi connectivity index (χ2v) is 7.47. The van der Waals surface area contributed by atoms with Gasteiger partial charge in [0, 0.05) is 31.7 Å². The Bertz CT molecular complexity index is 636. The van der Waals surface area contributed by atoms with Crippen LogP contribution in [0.1, 0.15) is 77.8 Å². The summed E-state index contributed by atoms with van der Waals surface area (Å²) in [7, 11) is 0. The third kappa shape index (κ3) is 5.76. The molecule has 0 N–H and O–H groups in total. The summed E-state index contributed by atoms with van der Waals surface area (Å²) in [6.07, 6.45) is 11.4. The molecule has 1 aliphatic carbocycles. The number of unbranched alkanes of at least 4 members (excludes halogenated alkanes) is 4. The van der Waals surface area contributed by atoms with Crippen molar-refractivity contribution in [3.63, 3.8) is 0 Å². The zero-order valence-corrected chi connectivity index (χ0v) is 15.5. The van der Waals surface area contributed by atoms with Gasteiger partial charge < -0.3 is 4.74 Å². The maximum atomic E-state index is 12.6. The summed E-state index contributed by atoms with van der Waals surface area (Å²) in [6, 6.07) is 0. The molecule has 0 aromatic carbocycles. The number of carbonyl (C=O) groups is 2. The van der Waals surface area contributed by atoms with Crippen molar-refractivity contribution in [2.45, 2.75) is 72.1 Å². The zero-order valence-electron chi connectivity index (χ0n) is 15.5. The monoisotopic (exact) mass is 344 g/mol. The van der Waals surface area contributed by atoms with Gasteiger partial charge in [-0.05, 0) is 11.8 Å². The number of esters is 1. The Morgan fingerprint density at radius 3 is 2.60 bits per heavy atom. The first-order chi connectivity index (χ1) is 11.9. The predicted octanol–water partition coefficient (Wildman–Crippen LogP) is 4.48. The molecule has 5 nitrogen and oxygen atoms in total. The molecule has 0 amide bonds. The third-order valence-corrected chi connectivity index (χ3v) is 4.38. The predicted molar refractivity (Wildman–Crippen MR) is 96.4 cm³/mol. The first-order valence-electron chi connectivity index (χ1n) is 9.16. The van der Waals surface area contributed by atoms with Crippen LogP contribution in [0.25, 0.3) is 5.57 Å². The molecule has 0 fully saturated rings. The maximum Gasteiger partial charge on any atom is 0.310 e. The van der Waals surface area contributed by atoms with E-state index in [-0.39, 0.29) is 17.2 Å². The number of ketones is 1. The molecule has 0 aliphatic heterocycles. The van der Waals surface area contributed by atoms with Crippen molar-refractivity contribution in [1.82, 2.24) is 9.97 Å². The molecule has 2 rings (SSSR count). The Balaban J connectivity index is 2.11. The van der Waals surface area contributed by atoms with Crippen LogP contribution in [0, 0.1) is 5.41 Å². The normalized spacial score (nSPS) is 16.8. The number of aromatic nitrogens is 2. The van der Waals surface area contributed by atoms with Gasteiger partial charge in [-0.1, -0.05) is 46.5 Å². The lowest BCUT2D eigenvalue weighted by atomic mass is 9.76. The van der Waals surface area contributed by atoms with E-state index >= 15 is 0 Å². The van der Waals surface area contributed by atoms with Crippen LogP contribution >= 0.6 is 0 Å². The second-order valence-electron chi connectivity index (χ2n) is 7.47. The average Bonchev–Trinajstić information content (AvgIpc) is 2.54. The van der Waals surface area contributed by atoms with Gasteiger partial charge in [0.05, 0.1) is 17.5 Å². The number of nitrogens with zero attached hydrogens (tertiary/aromatic N) is 2. The fourth-order valence-electron chi connectivity index (χ4n) is 3.13. The molecule has 0 spiro atoms. The number of carbonyl (C=O) groups excluding carboxylic acids is 2. The Morgan fingerprint density at radius 2 is 1.92 bits per heavy atom. The van der Waals surface area contributed by atoms with Crippen molar-refractivity contribution in [1.29, 1.82) is 0 Å². The molecule has 0 saturated heterocycles. The quantitative estimate of drug-likeness (QED) is 0.514. The highest BCUT2D eigenvalue weighted by Crippen LogP contribution is 2.40. The van der Waals surface area contributed by atoms with Gasteiger partial charge in [0.25, 0.3) is 0 Å². The number of Topliss-reactive ketones (excluding diaryl/α,β-unsaturated/α-hetero) is 1. The highest BCUT2D eigenvalue weighted by molar-refractivity contribution is 6.21. The Labute approximate surface area is 149 Å². The molecule has 25 heavy (non-hydrogen) atoms. The number of hydrogen-bond acceptors (Lipinski definition) is 5. The maximum absolute atomic E-state index is 12.6. The molecule has 1 aromatic rings. The summed E-state index contributed by atoms with van der Waals surface area (Å²) in [5, 5.41) is 0. The Hall–Kier alpha value is -2.04. The lowest BCUT2D eigenvalue weighted by molar-refractivity contribution is -0.140. The summed E-state index contributed by atoms with van der Waals surface area (Å²) in [5.41, 5.74) is 0.667. The van der Waals surface area contributed by atoms with E-state index in [0.29, 0.717) is 36.3 Å². The fourth-order valence-corrected chi connectivity index (χ4v) is 3.13. The number of rotatable bonds is 8.